The van der Waals surface area contributed by atoms with Gasteiger partial charge < -0.3 is 20.7 Å². The first-order valence-corrected chi connectivity index (χ1v) is 8.68. The van der Waals surface area contributed by atoms with Crippen molar-refractivity contribution in [3.8, 4) is 0 Å². The Morgan fingerprint density at radius 1 is 1.18 bits per heavy atom. The molecule has 2 aromatic carbocycles. The Labute approximate surface area is 159 Å². The molecule has 0 radical (unpaired) electrons. The second-order valence-corrected chi connectivity index (χ2v) is 6.38. The normalized spacial score (nSPS) is 12.0. The molecule has 0 aliphatic rings. The average Bonchev–Trinajstić information content (AvgIpc) is 3.07. The number of nitrogens with one attached hydrogen (secondary N) is 3. The lowest BCUT2D eigenvalue weighted by Gasteiger charge is -2.12. The van der Waals surface area contributed by atoms with Gasteiger partial charge in [-0.3, -0.25) is 9.59 Å². The van der Waals surface area contributed by atoms with Crippen molar-refractivity contribution in [2.24, 2.45) is 0 Å². The second kappa shape index (κ2) is 8.08. The highest BCUT2D eigenvalue weighted by molar-refractivity contribution is 5.97. The quantitative estimate of drug-likeness (QED) is 0.500. The maximum Gasteiger partial charge on any atom is 0.325 e. The van der Waals surface area contributed by atoms with Gasteiger partial charge in [0.2, 0.25) is 0 Å². The Morgan fingerprint density at radius 3 is 2.68 bits per heavy atom. The molecule has 3 aromatic rings. The first kappa shape index (κ1) is 19.3. The minimum absolute atomic E-state index is 0.0693. The number of amides is 1. The third kappa shape index (κ3) is 4.11. The predicted octanol–water partition coefficient (Wildman–Crippen LogP) is 3.30. The fraction of sp³-hybridized carbons (Fsp3) is 0.200. The topological polar surface area (TPSA) is 94.2 Å². The van der Waals surface area contributed by atoms with Crippen LogP contribution in [0, 0.1) is 11.6 Å². The summed E-state index contributed by atoms with van der Waals surface area (Å²) in [5, 5.41) is 14.8. The molecule has 1 atom stereocenters. The molecule has 1 aromatic heterocycles. The molecular weight excluding hydrogens is 368 g/mol. The fourth-order valence-corrected chi connectivity index (χ4v) is 2.86. The van der Waals surface area contributed by atoms with Crippen molar-refractivity contribution >= 4 is 28.5 Å². The number of anilines is 1. The Bertz CT molecular complexity index is 1030. The van der Waals surface area contributed by atoms with Crippen molar-refractivity contribution in [3.05, 3.63) is 65.4 Å². The van der Waals surface area contributed by atoms with Gasteiger partial charge in [0.1, 0.15) is 17.7 Å². The smallest absolute Gasteiger partial charge is 0.325 e. The third-order valence-electron chi connectivity index (χ3n) is 4.40. The van der Waals surface area contributed by atoms with E-state index in [-0.39, 0.29) is 5.69 Å². The van der Waals surface area contributed by atoms with Gasteiger partial charge >= 0.3 is 5.97 Å². The first-order chi connectivity index (χ1) is 13.4. The standard InChI is InChI=1S/C20H19F2N3O3/c1-11(20(27)28)25-19(26)14-8-16(22)18(9-15(14)21)23-7-6-12-10-24-17-5-3-2-4-13(12)17/h2-5,8-11,23-24H,6-7H2,1H3,(H,25,26)(H,27,28)/t11-/m1/s1. The molecule has 6 nitrogen and oxygen atoms in total. The van der Waals surface area contributed by atoms with Crippen molar-refractivity contribution in [1.29, 1.82) is 0 Å². The summed E-state index contributed by atoms with van der Waals surface area (Å²) >= 11 is 0. The van der Waals surface area contributed by atoms with E-state index in [0.717, 1.165) is 28.6 Å². The van der Waals surface area contributed by atoms with Gasteiger partial charge in [-0.1, -0.05) is 18.2 Å². The van der Waals surface area contributed by atoms with E-state index in [0.29, 0.717) is 13.0 Å². The molecule has 1 amide bonds. The van der Waals surface area contributed by atoms with E-state index in [1.165, 1.54) is 6.92 Å². The summed E-state index contributed by atoms with van der Waals surface area (Å²) < 4.78 is 28.5. The van der Waals surface area contributed by atoms with Crippen LogP contribution in [0.4, 0.5) is 14.5 Å². The Hall–Kier alpha value is -3.42. The summed E-state index contributed by atoms with van der Waals surface area (Å²) in [7, 11) is 0. The number of carbonyl (C=O) groups is 2. The Kier molecular flexibility index (Phi) is 5.58. The Balaban J connectivity index is 1.67. The maximum atomic E-state index is 14.3. The van der Waals surface area contributed by atoms with E-state index in [9.17, 15) is 18.4 Å². The molecule has 4 N–H and O–H groups in total. The van der Waals surface area contributed by atoms with Gasteiger partial charge in [-0.25, -0.2) is 8.78 Å². The molecule has 0 unspecified atom stereocenters. The number of carbonyl (C=O) groups excluding carboxylic acids is 1. The number of H-pyrrole nitrogens is 1. The lowest BCUT2D eigenvalue weighted by molar-refractivity contribution is -0.138. The van der Waals surface area contributed by atoms with Crippen molar-refractivity contribution < 1.29 is 23.5 Å². The van der Waals surface area contributed by atoms with E-state index in [1.807, 2.05) is 30.5 Å². The highest BCUT2D eigenvalue weighted by atomic mass is 19.1. The predicted molar refractivity (Wildman–Crippen MR) is 101 cm³/mol. The van der Waals surface area contributed by atoms with Crippen LogP contribution in [0.15, 0.2) is 42.6 Å². The number of aromatic amines is 1. The van der Waals surface area contributed by atoms with Crippen LogP contribution in [0.2, 0.25) is 0 Å². The lowest BCUT2D eigenvalue weighted by Crippen LogP contribution is -2.38. The monoisotopic (exact) mass is 387 g/mol. The summed E-state index contributed by atoms with van der Waals surface area (Å²) in [6.45, 7) is 1.59. The number of carboxylic acid groups (broad SMARTS) is 1. The highest BCUT2D eigenvalue weighted by Crippen LogP contribution is 2.21. The molecule has 0 bridgehead atoms. The molecule has 0 aliphatic heterocycles. The van der Waals surface area contributed by atoms with Crippen molar-refractivity contribution in [3.63, 3.8) is 0 Å². The molecule has 1 heterocycles. The van der Waals surface area contributed by atoms with Crippen molar-refractivity contribution in [1.82, 2.24) is 10.3 Å². The number of hydrogen-bond donors (Lipinski definition) is 4. The van der Waals surface area contributed by atoms with Gasteiger partial charge in [0, 0.05) is 29.7 Å². The van der Waals surface area contributed by atoms with Gasteiger partial charge in [0.05, 0.1) is 11.3 Å². The van der Waals surface area contributed by atoms with E-state index in [2.05, 4.69) is 15.6 Å². The minimum atomic E-state index is -1.27. The van der Waals surface area contributed by atoms with Crippen molar-refractivity contribution in [2.75, 3.05) is 11.9 Å². The van der Waals surface area contributed by atoms with E-state index in [4.69, 9.17) is 5.11 Å². The summed E-state index contributed by atoms with van der Waals surface area (Å²) in [4.78, 5) is 25.9. The maximum absolute atomic E-state index is 14.3. The van der Waals surface area contributed by atoms with Crippen LogP contribution >= 0.6 is 0 Å². The van der Waals surface area contributed by atoms with E-state index < -0.39 is 35.1 Å². The van der Waals surface area contributed by atoms with Crippen molar-refractivity contribution in [2.45, 2.75) is 19.4 Å². The molecule has 0 spiro atoms. The number of rotatable bonds is 7. The van der Waals surface area contributed by atoms with Gasteiger partial charge in [0.15, 0.2) is 0 Å². The molecule has 3 rings (SSSR count). The number of aliphatic carboxylic acids is 1. The number of hydrogen-bond acceptors (Lipinski definition) is 3. The Morgan fingerprint density at radius 2 is 1.93 bits per heavy atom. The summed E-state index contributed by atoms with van der Waals surface area (Å²) in [5.74, 6) is -4.00. The lowest BCUT2D eigenvalue weighted by atomic mass is 10.1. The first-order valence-electron chi connectivity index (χ1n) is 8.68. The van der Waals surface area contributed by atoms with Gasteiger partial charge in [-0.2, -0.15) is 0 Å². The SMILES string of the molecule is C[C@@H](NC(=O)c1cc(F)c(NCCc2c[nH]c3ccccc23)cc1F)C(=O)O. The zero-order valence-corrected chi connectivity index (χ0v) is 15.1. The van der Waals surface area contributed by atoms with Crippen LogP contribution in [0.1, 0.15) is 22.8 Å². The average molecular weight is 387 g/mol. The van der Waals surface area contributed by atoms with Crippen LogP contribution in [0.3, 0.4) is 0 Å². The minimum Gasteiger partial charge on any atom is -0.480 e. The van der Waals surface area contributed by atoms with E-state index >= 15 is 0 Å². The molecule has 0 saturated carbocycles. The van der Waals surface area contributed by atoms with Crippen LogP contribution < -0.4 is 10.6 Å². The van der Waals surface area contributed by atoms with Crippen LogP contribution in [-0.4, -0.2) is 34.6 Å². The number of carboxylic acids is 1. The largest absolute Gasteiger partial charge is 0.480 e. The number of aromatic nitrogens is 1. The summed E-state index contributed by atoms with van der Waals surface area (Å²) in [6.07, 6.45) is 2.46. The fourth-order valence-electron chi connectivity index (χ4n) is 2.86. The van der Waals surface area contributed by atoms with E-state index in [1.54, 1.807) is 0 Å². The molecule has 0 saturated heterocycles. The zero-order chi connectivity index (χ0) is 20.3. The number of benzene rings is 2. The molecular formula is C20H19F2N3O3. The summed E-state index contributed by atoms with van der Waals surface area (Å²) in [6, 6.07) is 8.22. The molecule has 0 fully saturated rings. The van der Waals surface area contributed by atoms with Gasteiger partial charge in [-0.05, 0) is 31.0 Å². The van der Waals surface area contributed by atoms with Gasteiger partial charge in [0.25, 0.3) is 5.91 Å². The number of para-hydroxylation sites is 1. The zero-order valence-electron chi connectivity index (χ0n) is 15.1. The summed E-state index contributed by atoms with van der Waals surface area (Å²) in [5.41, 5.74) is 1.43. The van der Waals surface area contributed by atoms with Gasteiger partial charge in [-0.15, -0.1) is 0 Å². The molecule has 28 heavy (non-hydrogen) atoms. The van der Waals surface area contributed by atoms with Crippen LogP contribution in [-0.2, 0) is 11.2 Å². The number of halogens is 2. The molecule has 146 valence electrons. The number of fused-ring (bicyclic) bond motifs is 1. The van der Waals surface area contributed by atoms with Crippen LogP contribution in [0.5, 0.6) is 0 Å². The second-order valence-electron chi connectivity index (χ2n) is 6.38. The molecule has 0 aliphatic carbocycles. The highest BCUT2D eigenvalue weighted by Gasteiger charge is 2.20. The molecule has 8 heteroatoms. The van der Waals surface area contributed by atoms with Crippen LogP contribution in [0.25, 0.3) is 10.9 Å². The third-order valence-corrected chi connectivity index (χ3v) is 4.40.